The number of hydrogen-bond donors (Lipinski definition) is 1. The third-order valence-corrected chi connectivity index (χ3v) is 4.44. The van der Waals surface area contributed by atoms with Crippen molar-refractivity contribution in [2.75, 3.05) is 11.9 Å². The van der Waals surface area contributed by atoms with E-state index in [-0.39, 0.29) is 0 Å². The third kappa shape index (κ3) is 3.50. The van der Waals surface area contributed by atoms with Gasteiger partial charge >= 0.3 is 0 Å². The molecule has 1 aromatic carbocycles. The lowest BCUT2D eigenvalue weighted by atomic mass is 10.2. The largest absolute Gasteiger partial charge is 0.494 e. The Bertz CT molecular complexity index is 495. The molecule has 0 saturated carbocycles. The highest BCUT2D eigenvalue weighted by atomic mass is 79.9. The predicted octanol–water partition coefficient (Wildman–Crippen LogP) is 5.08. The third-order valence-electron chi connectivity index (χ3n) is 2.56. The fourth-order valence-corrected chi connectivity index (χ4v) is 3.14. The average Bonchev–Trinajstić information content (AvgIpc) is 2.79. The minimum atomic E-state index is 0.305. The lowest BCUT2D eigenvalue weighted by Crippen LogP contribution is -2.04. The van der Waals surface area contributed by atoms with Crippen LogP contribution < -0.4 is 10.1 Å². The van der Waals surface area contributed by atoms with Crippen LogP contribution in [-0.2, 0) is 0 Å². The first-order valence-corrected chi connectivity index (χ1v) is 7.59. The molecule has 0 amide bonds. The molecule has 4 heteroatoms. The van der Waals surface area contributed by atoms with Gasteiger partial charge in [0.25, 0.3) is 0 Å². The standard InChI is InChI=1S/C14H16BrNOS/c1-3-17-13-6-4-12(5-7-13)16-10(2)14-8-11(15)9-18-14/h4-10,16H,3H2,1-2H3. The molecule has 1 aromatic heterocycles. The van der Waals surface area contributed by atoms with Crippen molar-refractivity contribution in [1.82, 2.24) is 0 Å². The molecule has 0 bridgehead atoms. The topological polar surface area (TPSA) is 21.3 Å². The fraction of sp³-hybridized carbons (Fsp3) is 0.286. The van der Waals surface area contributed by atoms with Gasteiger partial charge in [-0.2, -0.15) is 0 Å². The van der Waals surface area contributed by atoms with Crippen molar-refractivity contribution in [2.24, 2.45) is 0 Å². The van der Waals surface area contributed by atoms with Gasteiger partial charge in [0.05, 0.1) is 12.6 Å². The van der Waals surface area contributed by atoms with Gasteiger partial charge in [0.15, 0.2) is 0 Å². The summed E-state index contributed by atoms with van der Waals surface area (Å²) in [5.41, 5.74) is 1.11. The van der Waals surface area contributed by atoms with Gasteiger partial charge in [0.2, 0.25) is 0 Å². The van der Waals surface area contributed by atoms with E-state index in [1.807, 2.05) is 31.2 Å². The van der Waals surface area contributed by atoms with Crippen LogP contribution in [0.1, 0.15) is 24.8 Å². The number of benzene rings is 1. The van der Waals surface area contributed by atoms with E-state index in [0.717, 1.165) is 15.9 Å². The second-order valence-electron chi connectivity index (χ2n) is 3.99. The van der Waals surface area contributed by atoms with Gasteiger partial charge in [-0.1, -0.05) is 0 Å². The molecule has 96 valence electrons. The summed E-state index contributed by atoms with van der Waals surface area (Å²) in [5.74, 6) is 0.912. The minimum Gasteiger partial charge on any atom is -0.494 e. The molecule has 0 saturated heterocycles. The molecule has 1 atom stereocenters. The van der Waals surface area contributed by atoms with Crippen LogP contribution in [0.2, 0.25) is 0 Å². The Morgan fingerprint density at radius 3 is 2.61 bits per heavy atom. The second kappa shape index (κ2) is 6.25. The zero-order valence-electron chi connectivity index (χ0n) is 10.4. The summed E-state index contributed by atoms with van der Waals surface area (Å²) in [5, 5.41) is 5.58. The molecule has 0 spiro atoms. The Kier molecular flexibility index (Phi) is 4.66. The quantitative estimate of drug-likeness (QED) is 0.827. The SMILES string of the molecule is CCOc1ccc(NC(C)c2cc(Br)cs2)cc1. The van der Waals surface area contributed by atoms with Crippen molar-refractivity contribution >= 4 is 33.0 Å². The summed E-state index contributed by atoms with van der Waals surface area (Å²) in [6, 6.07) is 10.5. The Morgan fingerprint density at radius 2 is 2.06 bits per heavy atom. The van der Waals surface area contributed by atoms with E-state index in [1.165, 1.54) is 4.88 Å². The van der Waals surface area contributed by atoms with Crippen LogP contribution in [0.25, 0.3) is 0 Å². The van der Waals surface area contributed by atoms with Crippen LogP contribution in [-0.4, -0.2) is 6.61 Å². The molecule has 2 aromatic rings. The highest BCUT2D eigenvalue weighted by molar-refractivity contribution is 9.10. The maximum Gasteiger partial charge on any atom is 0.119 e. The van der Waals surface area contributed by atoms with Gasteiger partial charge in [-0.25, -0.2) is 0 Å². The highest BCUT2D eigenvalue weighted by Gasteiger charge is 2.07. The van der Waals surface area contributed by atoms with Crippen LogP contribution in [0.4, 0.5) is 5.69 Å². The first-order valence-electron chi connectivity index (χ1n) is 5.92. The van der Waals surface area contributed by atoms with E-state index in [2.05, 4.69) is 39.6 Å². The summed E-state index contributed by atoms with van der Waals surface area (Å²) >= 11 is 5.23. The zero-order valence-corrected chi connectivity index (χ0v) is 12.8. The van der Waals surface area contributed by atoms with Crippen molar-refractivity contribution in [2.45, 2.75) is 19.9 Å². The maximum absolute atomic E-state index is 5.42. The number of halogens is 1. The lowest BCUT2D eigenvalue weighted by molar-refractivity contribution is 0.340. The van der Waals surface area contributed by atoms with E-state index >= 15 is 0 Å². The molecule has 0 aliphatic heterocycles. The van der Waals surface area contributed by atoms with E-state index in [1.54, 1.807) is 11.3 Å². The van der Waals surface area contributed by atoms with E-state index in [4.69, 9.17) is 4.74 Å². The summed E-state index contributed by atoms with van der Waals surface area (Å²) in [6.45, 7) is 4.85. The number of rotatable bonds is 5. The van der Waals surface area contributed by atoms with Crippen LogP contribution in [0.3, 0.4) is 0 Å². The molecule has 2 nitrogen and oxygen atoms in total. The molecule has 18 heavy (non-hydrogen) atoms. The smallest absolute Gasteiger partial charge is 0.119 e. The molecular formula is C14H16BrNOS. The normalized spacial score (nSPS) is 12.2. The van der Waals surface area contributed by atoms with Gasteiger partial charge in [-0.3, -0.25) is 0 Å². The van der Waals surface area contributed by atoms with Crippen LogP contribution in [0, 0.1) is 0 Å². The molecule has 0 radical (unpaired) electrons. The van der Waals surface area contributed by atoms with Gasteiger partial charge < -0.3 is 10.1 Å². The van der Waals surface area contributed by atoms with Gasteiger partial charge in [0, 0.05) is 20.4 Å². The van der Waals surface area contributed by atoms with E-state index < -0.39 is 0 Å². The molecule has 0 aliphatic rings. The van der Waals surface area contributed by atoms with E-state index in [0.29, 0.717) is 12.6 Å². The number of ether oxygens (including phenoxy) is 1. The van der Waals surface area contributed by atoms with Gasteiger partial charge in [-0.15, -0.1) is 11.3 Å². The molecule has 0 aliphatic carbocycles. The number of hydrogen-bond acceptors (Lipinski definition) is 3. The van der Waals surface area contributed by atoms with Gasteiger partial charge in [0.1, 0.15) is 5.75 Å². The highest BCUT2D eigenvalue weighted by Crippen LogP contribution is 2.28. The van der Waals surface area contributed by atoms with Gasteiger partial charge in [-0.05, 0) is 60.1 Å². The Morgan fingerprint density at radius 1 is 1.33 bits per heavy atom. The van der Waals surface area contributed by atoms with E-state index in [9.17, 15) is 0 Å². The number of anilines is 1. The minimum absolute atomic E-state index is 0.305. The van der Waals surface area contributed by atoms with Crippen molar-refractivity contribution in [3.63, 3.8) is 0 Å². The predicted molar refractivity (Wildman–Crippen MR) is 81.7 cm³/mol. The summed E-state index contributed by atoms with van der Waals surface area (Å²) in [6.07, 6.45) is 0. The second-order valence-corrected chi connectivity index (χ2v) is 5.85. The first-order chi connectivity index (χ1) is 8.69. The molecule has 1 N–H and O–H groups in total. The monoisotopic (exact) mass is 325 g/mol. The number of nitrogens with one attached hydrogen (secondary N) is 1. The molecular weight excluding hydrogens is 310 g/mol. The van der Waals surface area contributed by atoms with Crippen molar-refractivity contribution in [1.29, 1.82) is 0 Å². The molecule has 1 unspecified atom stereocenters. The molecule has 0 fully saturated rings. The fourth-order valence-electron chi connectivity index (χ4n) is 1.69. The van der Waals surface area contributed by atoms with Crippen LogP contribution in [0.15, 0.2) is 40.2 Å². The summed E-state index contributed by atoms with van der Waals surface area (Å²) in [7, 11) is 0. The average molecular weight is 326 g/mol. The van der Waals surface area contributed by atoms with Crippen LogP contribution >= 0.6 is 27.3 Å². The zero-order chi connectivity index (χ0) is 13.0. The van der Waals surface area contributed by atoms with Crippen LogP contribution in [0.5, 0.6) is 5.75 Å². The first kappa shape index (κ1) is 13.4. The number of thiophene rings is 1. The van der Waals surface area contributed by atoms with Crippen molar-refractivity contribution < 1.29 is 4.74 Å². The molecule has 1 heterocycles. The summed E-state index contributed by atoms with van der Waals surface area (Å²) < 4.78 is 6.56. The Labute approximate surface area is 120 Å². The van der Waals surface area contributed by atoms with Crippen molar-refractivity contribution in [3.8, 4) is 5.75 Å². The Balaban J connectivity index is 2.00. The Hall–Kier alpha value is -1.00. The lowest BCUT2D eigenvalue weighted by Gasteiger charge is -2.14. The molecule has 2 rings (SSSR count). The maximum atomic E-state index is 5.42. The summed E-state index contributed by atoms with van der Waals surface area (Å²) in [4.78, 5) is 1.32. The van der Waals surface area contributed by atoms with Crippen molar-refractivity contribution in [3.05, 3.63) is 45.1 Å².